The number of unbranched alkanes of at least 4 members (excludes halogenated alkanes) is 1. The van der Waals surface area contributed by atoms with Crippen LogP contribution in [0.25, 0.3) is 0 Å². The van der Waals surface area contributed by atoms with Crippen molar-refractivity contribution >= 4 is 0 Å². The molecule has 0 radical (unpaired) electrons. The summed E-state index contributed by atoms with van der Waals surface area (Å²) in [6.45, 7) is 68.6. The molecule has 6 fully saturated rings. The highest BCUT2D eigenvalue weighted by Crippen LogP contribution is 2.67. The van der Waals surface area contributed by atoms with E-state index in [9.17, 15) is 0 Å². The van der Waals surface area contributed by atoms with Crippen LogP contribution in [0.3, 0.4) is 0 Å². The lowest BCUT2D eigenvalue weighted by Gasteiger charge is -2.67. The molecule has 0 aromatic rings. The van der Waals surface area contributed by atoms with Gasteiger partial charge in [0.05, 0.1) is 0 Å². The fourth-order valence-corrected chi connectivity index (χ4v) is 10.6. The minimum absolute atomic E-state index is 0. The van der Waals surface area contributed by atoms with E-state index in [1.165, 1.54) is 70.9 Å². The van der Waals surface area contributed by atoms with Gasteiger partial charge in [0.1, 0.15) is 0 Å². The minimum Gasteiger partial charge on any atom is -0.298 e. The Morgan fingerprint density at radius 1 is 0.294 bits per heavy atom. The molecule has 2 aliphatic heterocycles. The van der Waals surface area contributed by atoms with Gasteiger partial charge in [-0.15, -0.1) is 0 Å². The Kier molecular flexibility index (Phi) is 110. The number of fused-ring (bicyclic) bond motifs is 4. The Balaban J connectivity index is -0.0000000373. The number of likely N-dealkylation sites (tertiary alicyclic amines) is 2. The van der Waals surface area contributed by atoms with E-state index in [4.69, 9.17) is 0 Å². The van der Waals surface area contributed by atoms with Crippen LogP contribution in [0, 0.1) is 71.0 Å². The van der Waals surface area contributed by atoms with E-state index in [1.54, 1.807) is 0 Å². The molecule has 0 amide bonds. The van der Waals surface area contributed by atoms with Crippen molar-refractivity contribution in [1.29, 1.82) is 0 Å². The molecule has 2 nitrogen and oxygen atoms in total. The van der Waals surface area contributed by atoms with Crippen molar-refractivity contribution < 1.29 is 0 Å². The van der Waals surface area contributed by atoms with Gasteiger partial charge in [0, 0.05) is 24.2 Å². The van der Waals surface area contributed by atoms with E-state index in [1.807, 2.05) is 83.1 Å². The smallest absolute Gasteiger partial charge is 0.0166 e. The molecule has 4 saturated carbocycles. The largest absolute Gasteiger partial charge is 0.298 e. The number of rotatable bonds is 3. The molecule has 0 bridgehead atoms. The van der Waals surface area contributed by atoms with Gasteiger partial charge >= 0.3 is 0 Å². The summed E-state index contributed by atoms with van der Waals surface area (Å²) in [5, 5.41) is 0. The van der Waals surface area contributed by atoms with Gasteiger partial charge in [-0.05, 0) is 111 Å². The maximum absolute atomic E-state index is 2.79. The molecular formula is C66H164N2. The van der Waals surface area contributed by atoms with E-state index in [0.29, 0.717) is 0 Å². The van der Waals surface area contributed by atoms with Crippen molar-refractivity contribution in [2.75, 3.05) is 13.1 Å². The first-order valence-corrected chi connectivity index (χ1v) is 27.7. The van der Waals surface area contributed by atoms with Crippen LogP contribution in [0.5, 0.6) is 0 Å². The summed E-state index contributed by atoms with van der Waals surface area (Å²) >= 11 is 0. The Morgan fingerprint density at radius 3 is 0.706 bits per heavy atom. The van der Waals surface area contributed by atoms with Gasteiger partial charge < -0.3 is 0 Å². The highest BCUT2D eigenvalue weighted by atomic mass is 15.3. The van der Waals surface area contributed by atoms with Crippen LogP contribution in [0.2, 0.25) is 0 Å². The molecule has 2 heteroatoms. The molecule has 16 atom stereocenters. The lowest BCUT2D eigenvalue weighted by Crippen LogP contribution is -2.68. The SMILES string of the molecule is C.C.C.C.C.C.C.C.C.C1CCCC1.CC.CC.CC.CC.CC.CC.CCC.CCCC.CCN1C2[C@@H]3[C@H](C)[C@H](C)[C@@H]3[C@@H]2[C@H](C)[C@@H]1C.CCN1[C@H](C)[C@H](C)[C@H](C)[C@@H]1C.C[C@@H]1[C@H](C)[C@H](C)C[C@@H]1C. The Morgan fingerprint density at radius 2 is 0.515 bits per heavy atom. The normalized spacial score (nSPS) is 31.3. The van der Waals surface area contributed by atoms with Gasteiger partial charge in [0.2, 0.25) is 0 Å². The summed E-state index contributed by atoms with van der Waals surface area (Å²) in [5.74, 6) is 11.7. The lowest BCUT2D eigenvalue weighted by atomic mass is 9.40. The predicted molar refractivity (Wildman–Crippen MR) is 343 cm³/mol. The fraction of sp³-hybridized carbons (Fsp3) is 1.00. The standard InChI is InChI=1S/C14H25N.C10H21N.C9H18.C5H10.C4H10.C3H8.6C2H6.9CH4/c1-6-15-10(5)9(4)13-11-7(2)8(3)12(11)14(13)15;1-6-11-9(4)7(2)8(3)10(11)5;1-6-5-7(2)9(4)8(6)3;1-2-4-5-3-1;1-3-4-2;1-3-2;6*1-2;;;;;;;;;/h7-14H,6H2,1-5H3;7-10H,6H2,1-5H3;6-9H,5H2,1-4H3;1-5H2;3-4H2,1-2H3;3H2,1-2H3;6*1-2H3;9*1H4/t7-,8+,9+,10-,11-,12+,13-,14?;7-,8+,9-,10+;6-,7+,8-,9+;;;;;;;;;;;;;;;;;;/m0..................../s1. The Hall–Kier alpha value is -0.0800. The van der Waals surface area contributed by atoms with Crippen molar-refractivity contribution in [3.8, 4) is 0 Å². The summed E-state index contributed by atoms with van der Waals surface area (Å²) in [7, 11) is 0. The molecule has 0 N–H and O–H groups in total. The molecule has 0 spiro atoms. The zero-order valence-corrected chi connectivity index (χ0v) is 47.9. The lowest BCUT2D eigenvalue weighted by molar-refractivity contribution is -0.183. The summed E-state index contributed by atoms with van der Waals surface area (Å²) < 4.78 is 0. The first-order valence-electron chi connectivity index (χ1n) is 27.7. The molecule has 0 aromatic carbocycles. The van der Waals surface area contributed by atoms with Gasteiger partial charge in [0.25, 0.3) is 0 Å². The van der Waals surface area contributed by atoms with Crippen LogP contribution >= 0.6 is 0 Å². The highest BCUT2D eigenvalue weighted by Gasteiger charge is 2.69. The van der Waals surface area contributed by atoms with Crippen molar-refractivity contribution in [3.05, 3.63) is 0 Å². The van der Waals surface area contributed by atoms with Gasteiger partial charge in [-0.1, -0.05) is 305 Å². The quantitative estimate of drug-likeness (QED) is 0.278. The van der Waals surface area contributed by atoms with Crippen LogP contribution < -0.4 is 0 Å². The maximum Gasteiger partial charge on any atom is 0.0166 e. The molecule has 0 aromatic heterocycles. The summed E-state index contributed by atoms with van der Waals surface area (Å²) in [6, 6.07) is 3.35. The molecule has 6 aliphatic rings. The van der Waals surface area contributed by atoms with E-state index < -0.39 is 0 Å². The van der Waals surface area contributed by atoms with Gasteiger partial charge in [-0.3, -0.25) is 9.80 Å². The van der Waals surface area contributed by atoms with Crippen LogP contribution in [0.4, 0.5) is 0 Å². The molecule has 1 unspecified atom stereocenters. The molecule has 2 saturated heterocycles. The fourth-order valence-electron chi connectivity index (χ4n) is 10.6. The Bertz CT molecular complexity index is 756. The zero-order chi connectivity index (χ0) is 48.2. The molecule has 438 valence electrons. The monoisotopic (exact) mass is 985 g/mol. The second kappa shape index (κ2) is 69.0. The maximum atomic E-state index is 2.79. The van der Waals surface area contributed by atoms with Crippen molar-refractivity contribution in [1.82, 2.24) is 9.80 Å². The average molecular weight is 986 g/mol. The first-order chi connectivity index (χ1) is 28.1. The first kappa shape index (κ1) is 109. The number of hydrogen-bond acceptors (Lipinski definition) is 2. The Labute approximate surface area is 448 Å². The van der Waals surface area contributed by atoms with E-state index in [-0.39, 0.29) is 66.8 Å². The summed E-state index contributed by atoms with van der Waals surface area (Å²) in [4.78, 5) is 5.40. The second-order valence-corrected chi connectivity index (χ2v) is 17.8. The highest BCUT2D eigenvalue weighted by molar-refractivity contribution is 5.19. The second-order valence-electron chi connectivity index (χ2n) is 17.8. The van der Waals surface area contributed by atoms with Crippen LogP contribution in [-0.4, -0.2) is 47.1 Å². The van der Waals surface area contributed by atoms with Gasteiger partial charge in [0.15, 0.2) is 0 Å². The molecule has 6 rings (SSSR count). The van der Waals surface area contributed by atoms with Gasteiger partial charge in [-0.2, -0.15) is 0 Å². The third kappa shape index (κ3) is 34.4. The number of hydrogen-bond donors (Lipinski definition) is 0. The average Bonchev–Trinajstić information content (AvgIpc) is 4.03. The van der Waals surface area contributed by atoms with E-state index in [0.717, 1.165) is 95.2 Å². The van der Waals surface area contributed by atoms with Crippen molar-refractivity contribution in [2.45, 2.75) is 357 Å². The van der Waals surface area contributed by atoms with Crippen molar-refractivity contribution in [3.63, 3.8) is 0 Å². The van der Waals surface area contributed by atoms with E-state index in [2.05, 4.69) is 134 Å². The molecular weight excluding hydrogens is 821 g/mol. The molecule has 4 aliphatic carbocycles. The number of nitrogens with zero attached hydrogens (tertiary/aromatic N) is 2. The van der Waals surface area contributed by atoms with E-state index >= 15 is 0 Å². The van der Waals surface area contributed by atoms with Crippen LogP contribution in [-0.2, 0) is 0 Å². The van der Waals surface area contributed by atoms with Gasteiger partial charge in [-0.25, -0.2) is 0 Å². The summed E-state index contributed by atoms with van der Waals surface area (Å²) in [6.07, 6.45) is 12.8. The zero-order valence-electron chi connectivity index (χ0n) is 47.9. The third-order valence-corrected chi connectivity index (χ3v) is 15.2. The molecule has 68 heavy (non-hydrogen) atoms. The predicted octanol–water partition coefficient (Wildman–Crippen LogP) is 25.2. The van der Waals surface area contributed by atoms with Crippen LogP contribution in [0.1, 0.15) is 332 Å². The summed E-state index contributed by atoms with van der Waals surface area (Å²) in [5.41, 5.74) is 0. The third-order valence-electron chi connectivity index (χ3n) is 15.2. The topological polar surface area (TPSA) is 6.48 Å². The minimum atomic E-state index is 0. The molecule has 2 heterocycles. The van der Waals surface area contributed by atoms with Crippen molar-refractivity contribution in [2.24, 2.45) is 71.0 Å². The van der Waals surface area contributed by atoms with Crippen LogP contribution in [0.15, 0.2) is 0 Å².